The van der Waals surface area contributed by atoms with E-state index in [2.05, 4.69) is 178 Å². The second kappa shape index (κ2) is 9.97. The van der Waals surface area contributed by atoms with Crippen molar-refractivity contribution >= 4 is 65.4 Å². The summed E-state index contributed by atoms with van der Waals surface area (Å²) in [5.41, 5.74) is 12.1. The Kier molecular flexibility index (Phi) is 5.55. The standard InChI is InChI=1S/C44H31N3/c1-2-29-19-21-30(22-20-29)45-43-25-23-31(46-39-15-7-3-11-33(39)34-12-4-8-16-40(34)46)27-37(43)38-28-32(24-26-44(38)45)47-41-17-9-5-13-35(41)36-14-6-10-18-42(36)47/h3-28H,2H2,1H3. The molecule has 0 unspecified atom stereocenters. The van der Waals surface area contributed by atoms with Gasteiger partial charge in [0.15, 0.2) is 0 Å². The SMILES string of the molecule is CCc1ccc(-n2c3ccc(-n4c5ccccc5c5ccccc54)cc3c3cc(-n4c5ccccc5c5ccccc54)ccc32)cc1. The molecule has 0 radical (unpaired) electrons. The van der Waals surface area contributed by atoms with Gasteiger partial charge < -0.3 is 13.7 Å². The van der Waals surface area contributed by atoms with Gasteiger partial charge in [-0.15, -0.1) is 0 Å². The Labute approximate surface area is 272 Å². The number of nitrogens with zero attached hydrogens (tertiary/aromatic N) is 3. The number of hydrogen-bond donors (Lipinski definition) is 0. The minimum atomic E-state index is 1.03. The summed E-state index contributed by atoms with van der Waals surface area (Å²) in [6, 6.07) is 58.0. The normalized spacial score (nSPS) is 12.0. The predicted molar refractivity (Wildman–Crippen MR) is 199 cm³/mol. The highest BCUT2D eigenvalue weighted by atomic mass is 15.0. The van der Waals surface area contributed by atoms with E-state index in [1.807, 2.05) is 0 Å². The molecule has 7 aromatic carbocycles. The van der Waals surface area contributed by atoms with E-state index in [9.17, 15) is 0 Å². The van der Waals surface area contributed by atoms with Crippen molar-refractivity contribution in [2.45, 2.75) is 13.3 Å². The maximum atomic E-state index is 2.43. The van der Waals surface area contributed by atoms with Gasteiger partial charge >= 0.3 is 0 Å². The lowest BCUT2D eigenvalue weighted by atomic mass is 10.1. The van der Waals surface area contributed by atoms with Crippen LogP contribution in [0.25, 0.3) is 82.5 Å². The molecular formula is C44H31N3. The molecule has 10 aromatic rings. The third-order valence-corrected chi connectivity index (χ3v) is 10.0. The fourth-order valence-corrected chi connectivity index (χ4v) is 7.84. The largest absolute Gasteiger partial charge is 0.309 e. The number of para-hydroxylation sites is 4. The maximum Gasteiger partial charge on any atom is 0.0542 e. The molecule has 0 bridgehead atoms. The van der Waals surface area contributed by atoms with Gasteiger partial charge in [-0.05, 0) is 84.8 Å². The highest BCUT2D eigenvalue weighted by Gasteiger charge is 2.18. The van der Waals surface area contributed by atoms with Crippen LogP contribution in [0.2, 0.25) is 0 Å². The Morgan fingerprint density at radius 1 is 0.319 bits per heavy atom. The lowest BCUT2D eigenvalue weighted by Gasteiger charge is -2.11. The van der Waals surface area contributed by atoms with Crippen molar-refractivity contribution in [1.82, 2.24) is 13.7 Å². The first-order valence-corrected chi connectivity index (χ1v) is 16.4. The number of rotatable bonds is 4. The Morgan fingerprint density at radius 2 is 0.638 bits per heavy atom. The van der Waals surface area contributed by atoms with Crippen molar-refractivity contribution in [3.63, 3.8) is 0 Å². The second-order valence-electron chi connectivity index (χ2n) is 12.5. The molecule has 10 rings (SSSR count). The molecule has 0 amide bonds. The van der Waals surface area contributed by atoms with Gasteiger partial charge in [0.1, 0.15) is 0 Å². The van der Waals surface area contributed by atoms with Crippen LogP contribution >= 0.6 is 0 Å². The van der Waals surface area contributed by atoms with Crippen molar-refractivity contribution < 1.29 is 0 Å². The van der Waals surface area contributed by atoms with Crippen molar-refractivity contribution in [3.8, 4) is 17.1 Å². The van der Waals surface area contributed by atoms with Gasteiger partial charge in [-0.3, -0.25) is 0 Å². The van der Waals surface area contributed by atoms with E-state index in [-0.39, 0.29) is 0 Å². The molecule has 0 N–H and O–H groups in total. The van der Waals surface area contributed by atoms with Crippen molar-refractivity contribution in [2.24, 2.45) is 0 Å². The maximum absolute atomic E-state index is 2.43. The molecule has 3 heteroatoms. The molecule has 0 aliphatic rings. The summed E-state index contributed by atoms with van der Waals surface area (Å²) in [7, 11) is 0. The van der Waals surface area contributed by atoms with Crippen LogP contribution in [0.5, 0.6) is 0 Å². The molecule has 3 nitrogen and oxygen atoms in total. The lowest BCUT2D eigenvalue weighted by molar-refractivity contribution is 1.12. The van der Waals surface area contributed by atoms with Crippen LogP contribution in [-0.2, 0) is 6.42 Å². The highest BCUT2D eigenvalue weighted by Crippen LogP contribution is 2.39. The number of fused-ring (bicyclic) bond motifs is 9. The molecule has 0 saturated carbocycles. The summed E-state index contributed by atoms with van der Waals surface area (Å²) in [5, 5.41) is 7.57. The molecule has 3 aromatic heterocycles. The van der Waals surface area contributed by atoms with E-state index < -0.39 is 0 Å². The van der Waals surface area contributed by atoms with Crippen LogP contribution < -0.4 is 0 Å². The first kappa shape index (κ1) is 26.2. The monoisotopic (exact) mass is 601 g/mol. The van der Waals surface area contributed by atoms with Gasteiger partial charge in [0.25, 0.3) is 0 Å². The molecule has 222 valence electrons. The summed E-state index contributed by atoms with van der Waals surface area (Å²) in [5.74, 6) is 0. The lowest BCUT2D eigenvalue weighted by Crippen LogP contribution is -1.96. The molecule has 0 aliphatic heterocycles. The Morgan fingerprint density at radius 3 is 1.02 bits per heavy atom. The Bertz CT molecular complexity index is 2550. The summed E-state index contributed by atoms with van der Waals surface area (Å²) < 4.78 is 7.26. The fraction of sp³-hybridized carbons (Fsp3) is 0.0455. The summed E-state index contributed by atoms with van der Waals surface area (Å²) in [6.07, 6.45) is 1.03. The van der Waals surface area contributed by atoms with Crippen LogP contribution in [0.3, 0.4) is 0 Å². The fourth-order valence-electron chi connectivity index (χ4n) is 7.84. The van der Waals surface area contributed by atoms with Crippen molar-refractivity contribution in [3.05, 3.63) is 163 Å². The zero-order valence-corrected chi connectivity index (χ0v) is 26.1. The predicted octanol–water partition coefficient (Wildman–Crippen LogP) is 11.5. The van der Waals surface area contributed by atoms with Gasteiger partial charge in [0.05, 0.1) is 33.1 Å². The van der Waals surface area contributed by atoms with Crippen molar-refractivity contribution in [2.75, 3.05) is 0 Å². The molecule has 0 saturated heterocycles. The Hall–Kier alpha value is -6.06. The summed E-state index contributed by atoms with van der Waals surface area (Å²) in [4.78, 5) is 0. The first-order chi connectivity index (χ1) is 23.3. The van der Waals surface area contributed by atoms with Gasteiger partial charge in [0.2, 0.25) is 0 Å². The first-order valence-electron chi connectivity index (χ1n) is 16.4. The molecule has 0 aliphatic carbocycles. The van der Waals surface area contributed by atoms with Gasteiger partial charge in [-0.25, -0.2) is 0 Å². The average Bonchev–Trinajstić information content (AvgIpc) is 3.77. The van der Waals surface area contributed by atoms with E-state index in [1.54, 1.807) is 0 Å². The number of hydrogen-bond acceptors (Lipinski definition) is 0. The van der Waals surface area contributed by atoms with Crippen LogP contribution in [0, 0.1) is 0 Å². The molecule has 0 spiro atoms. The van der Waals surface area contributed by atoms with Crippen LogP contribution in [0.1, 0.15) is 12.5 Å². The third kappa shape index (κ3) is 3.74. The highest BCUT2D eigenvalue weighted by molar-refractivity contribution is 6.14. The molecule has 0 fully saturated rings. The summed E-state index contributed by atoms with van der Waals surface area (Å²) >= 11 is 0. The van der Waals surface area contributed by atoms with Crippen LogP contribution in [0.4, 0.5) is 0 Å². The summed E-state index contributed by atoms with van der Waals surface area (Å²) in [6.45, 7) is 2.21. The van der Waals surface area contributed by atoms with Gasteiger partial charge in [-0.2, -0.15) is 0 Å². The third-order valence-electron chi connectivity index (χ3n) is 10.0. The van der Waals surface area contributed by atoms with Crippen LogP contribution in [0.15, 0.2) is 158 Å². The molecular weight excluding hydrogens is 571 g/mol. The quantitative estimate of drug-likeness (QED) is 0.191. The average molecular weight is 602 g/mol. The van der Waals surface area contributed by atoms with E-state index in [4.69, 9.17) is 0 Å². The molecule has 47 heavy (non-hydrogen) atoms. The van der Waals surface area contributed by atoms with E-state index in [1.165, 1.54) is 76.7 Å². The Balaban J connectivity index is 1.29. The minimum Gasteiger partial charge on any atom is -0.309 e. The zero-order chi connectivity index (χ0) is 31.1. The van der Waals surface area contributed by atoms with E-state index in [0.717, 1.165) is 17.8 Å². The smallest absolute Gasteiger partial charge is 0.0542 e. The minimum absolute atomic E-state index is 1.03. The zero-order valence-electron chi connectivity index (χ0n) is 26.1. The number of aromatic nitrogens is 3. The van der Waals surface area contributed by atoms with E-state index >= 15 is 0 Å². The molecule has 3 heterocycles. The van der Waals surface area contributed by atoms with E-state index in [0.29, 0.717) is 0 Å². The van der Waals surface area contributed by atoms with Crippen LogP contribution in [-0.4, -0.2) is 13.7 Å². The van der Waals surface area contributed by atoms with Gasteiger partial charge in [0, 0.05) is 49.4 Å². The topological polar surface area (TPSA) is 14.8 Å². The molecule has 0 atom stereocenters. The number of benzene rings is 7. The number of aryl methyl sites for hydroxylation is 1. The van der Waals surface area contributed by atoms with Gasteiger partial charge in [-0.1, -0.05) is 91.9 Å². The van der Waals surface area contributed by atoms with Crippen molar-refractivity contribution in [1.29, 1.82) is 0 Å². The second-order valence-corrected chi connectivity index (χ2v) is 12.5.